The molecule has 0 aliphatic heterocycles. The number of aryl methyl sites for hydroxylation is 1. The summed E-state index contributed by atoms with van der Waals surface area (Å²) in [4.78, 5) is 7.71. The van der Waals surface area contributed by atoms with Crippen LogP contribution in [0.5, 0.6) is 0 Å². The number of halogens is 2. The van der Waals surface area contributed by atoms with Gasteiger partial charge in [-0.25, -0.2) is 9.97 Å². The summed E-state index contributed by atoms with van der Waals surface area (Å²) in [6.07, 6.45) is 24.5. The van der Waals surface area contributed by atoms with E-state index in [1.54, 1.807) is 18.3 Å². The van der Waals surface area contributed by atoms with Gasteiger partial charge in [-0.05, 0) is 129 Å². The standard InChI is InChI=1S/C27H34FN.C21H22ClN/c1-2-3-4-5-6-7-8-22-11-16-25(17-12-22)26-18-13-23(14-19-26)9-10-24-15-20-27(28)29-21-24;1-2-16-5-10-19(11-6-16)20-12-7-17(8-13-20)3-4-18-9-14-21(22)23-15-18/h13-15,18-22,25H,2-8,11-12,16-17H2,1H3;5-6,9-11,14-15,17,20H,2,7-8,12-13H2,1H3/t22-,25-;17-,20-. The Kier molecular flexibility index (Phi) is 16.3. The molecule has 0 atom stereocenters. The molecular weight excluding hydrogens is 659 g/mol. The number of pyridine rings is 2. The first-order valence-corrected chi connectivity index (χ1v) is 20.3. The molecule has 0 unspecified atom stereocenters. The number of aromatic nitrogens is 2. The summed E-state index contributed by atoms with van der Waals surface area (Å²) in [6, 6.07) is 24.6. The van der Waals surface area contributed by atoms with Gasteiger partial charge in [-0.1, -0.05) is 130 Å². The van der Waals surface area contributed by atoms with Crippen molar-refractivity contribution in [3.8, 4) is 23.7 Å². The molecule has 2 fully saturated rings. The van der Waals surface area contributed by atoms with Crippen molar-refractivity contribution in [2.75, 3.05) is 0 Å². The second-order valence-corrected chi connectivity index (χ2v) is 15.2. The fourth-order valence-corrected chi connectivity index (χ4v) is 7.77. The van der Waals surface area contributed by atoms with Crippen LogP contribution in [0.2, 0.25) is 5.15 Å². The Morgan fingerprint density at radius 1 is 0.596 bits per heavy atom. The predicted molar refractivity (Wildman–Crippen MR) is 216 cm³/mol. The van der Waals surface area contributed by atoms with Crippen molar-refractivity contribution in [1.82, 2.24) is 9.97 Å². The van der Waals surface area contributed by atoms with Crippen LogP contribution in [0.25, 0.3) is 0 Å². The molecule has 2 aromatic carbocycles. The van der Waals surface area contributed by atoms with Gasteiger partial charge in [-0.2, -0.15) is 4.39 Å². The average Bonchev–Trinajstić information content (AvgIpc) is 3.20. The van der Waals surface area contributed by atoms with Gasteiger partial charge >= 0.3 is 0 Å². The van der Waals surface area contributed by atoms with E-state index in [1.807, 2.05) is 6.07 Å². The molecule has 0 saturated heterocycles. The second kappa shape index (κ2) is 21.6. The summed E-state index contributed by atoms with van der Waals surface area (Å²) in [5.74, 6) is 15.3. The number of benzene rings is 2. The Balaban J connectivity index is 0.000000206. The van der Waals surface area contributed by atoms with Crippen LogP contribution < -0.4 is 0 Å². The minimum absolute atomic E-state index is 0.471. The van der Waals surface area contributed by atoms with Gasteiger partial charge in [-0.15, -0.1) is 0 Å². The monoisotopic (exact) mass is 714 g/mol. The first kappa shape index (κ1) is 39.3. The molecule has 6 rings (SSSR count). The maximum absolute atomic E-state index is 12.9. The summed E-state index contributed by atoms with van der Waals surface area (Å²) in [6.45, 7) is 4.49. The van der Waals surface area contributed by atoms with Gasteiger partial charge in [-0.3, -0.25) is 0 Å². The quantitative estimate of drug-likeness (QED) is 0.0928. The summed E-state index contributed by atoms with van der Waals surface area (Å²) in [5, 5.41) is 0.519. The summed E-state index contributed by atoms with van der Waals surface area (Å²) in [7, 11) is 0. The van der Waals surface area contributed by atoms with Gasteiger partial charge in [0.2, 0.25) is 5.95 Å². The summed E-state index contributed by atoms with van der Waals surface area (Å²) < 4.78 is 12.9. The summed E-state index contributed by atoms with van der Waals surface area (Å²) >= 11 is 5.79. The highest BCUT2D eigenvalue weighted by Gasteiger charge is 2.22. The van der Waals surface area contributed by atoms with Gasteiger partial charge in [0.15, 0.2) is 0 Å². The maximum Gasteiger partial charge on any atom is 0.212 e. The fourth-order valence-electron chi connectivity index (χ4n) is 7.66. The third kappa shape index (κ3) is 13.2. The topological polar surface area (TPSA) is 25.8 Å². The predicted octanol–water partition coefficient (Wildman–Crippen LogP) is 13.3. The Bertz CT molecular complexity index is 1730. The molecule has 0 N–H and O–H groups in total. The molecule has 2 aromatic heterocycles. The second-order valence-electron chi connectivity index (χ2n) is 14.8. The lowest BCUT2D eigenvalue weighted by atomic mass is 9.77. The Morgan fingerprint density at radius 3 is 1.77 bits per heavy atom. The van der Waals surface area contributed by atoms with Crippen molar-refractivity contribution < 1.29 is 4.39 Å². The zero-order chi connectivity index (χ0) is 36.4. The number of hydrogen-bond donors (Lipinski definition) is 0. The lowest BCUT2D eigenvalue weighted by molar-refractivity contribution is 0.302. The third-order valence-electron chi connectivity index (χ3n) is 11.0. The zero-order valence-electron chi connectivity index (χ0n) is 31.4. The number of unbranched alkanes of at least 4 members (excludes halogenated alkanes) is 5. The molecule has 52 heavy (non-hydrogen) atoms. The lowest BCUT2D eigenvalue weighted by Gasteiger charge is -2.29. The van der Waals surface area contributed by atoms with E-state index in [0.717, 1.165) is 29.0 Å². The molecule has 0 amide bonds. The lowest BCUT2D eigenvalue weighted by Crippen LogP contribution is -2.13. The van der Waals surface area contributed by atoms with E-state index < -0.39 is 5.95 Å². The van der Waals surface area contributed by atoms with Crippen LogP contribution >= 0.6 is 11.6 Å². The molecule has 0 spiro atoms. The highest BCUT2D eigenvalue weighted by atomic mass is 35.5. The SMILES string of the molecule is CCCCCCCC[C@H]1CC[C@H](c2ccc(C#Cc3ccc(F)nc3)cc2)CC1.CCc1ccc([C@H]2CC[C@H](C#Cc3ccc(Cl)nc3)CC2)cc1. The smallest absolute Gasteiger partial charge is 0.212 e. The third-order valence-corrected chi connectivity index (χ3v) is 11.2. The molecular formula is C48H56ClFN2. The normalized spacial score (nSPS) is 19.6. The molecule has 0 bridgehead atoms. The summed E-state index contributed by atoms with van der Waals surface area (Å²) in [5.41, 5.74) is 7.05. The van der Waals surface area contributed by atoms with Gasteiger partial charge < -0.3 is 0 Å². The van der Waals surface area contributed by atoms with Crippen molar-refractivity contribution in [3.05, 3.63) is 130 Å². The zero-order valence-corrected chi connectivity index (χ0v) is 32.1. The van der Waals surface area contributed by atoms with Crippen molar-refractivity contribution in [3.63, 3.8) is 0 Å². The maximum atomic E-state index is 12.9. The highest BCUT2D eigenvalue weighted by Crippen LogP contribution is 2.38. The van der Waals surface area contributed by atoms with Crippen LogP contribution in [0.3, 0.4) is 0 Å². The van der Waals surface area contributed by atoms with E-state index in [9.17, 15) is 4.39 Å². The molecule has 272 valence electrons. The van der Waals surface area contributed by atoms with Crippen molar-refractivity contribution >= 4 is 11.6 Å². The van der Waals surface area contributed by atoms with Crippen LogP contribution in [0, 0.1) is 41.5 Å². The van der Waals surface area contributed by atoms with Crippen molar-refractivity contribution in [1.29, 1.82) is 0 Å². The van der Waals surface area contributed by atoms with Crippen molar-refractivity contribution in [2.24, 2.45) is 11.8 Å². The first-order valence-electron chi connectivity index (χ1n) is 19.9. The van der Waals surface area contributed by atoms with E-state index in [2.05, 4.69) is 96.0 Å². The number of rotatable bonds is 10. The molecule has 4 heteroatoms. The Hall–Kier alpha value is -3.92. The largest absolute Gasteiger partial charge is 0.243 e. The minimum atomic E-state index is -0.471. The van der Waals surface area contributed by atoms with Crippen LogP contribution in [0.4, 0.5) is 4.39 Å². The minimum Gasteiger partial charge on any atom is -0.243 e. The molecule has 2 aliphatic carbocycles. The van der Waals surface area contributed by atoms with E-state index >= 15 is 0 Å². The van der Waals surface area contributed by atoms with Crippen LogP contribution in [-0.4, -0.2) is 9.97 Å². The molecule has 2 nitrogen and oxygen atoms in total. The number of hydrogen-bond acceptors (Lipinski definition) is 2. The van der Waals surface area contributed by atoms with Crippen molar-refractivity contribution in [2.45, 2.75) is 128 Å². The van der Waals surface area contributed by atoms with Gasteiger partial charge in [0.05, 0.1) is 0 Å². The van der Waals surface area contributed by atoms with Gasteiger partial charge in [0.1, 0.15) is 5.15 Å². The molecule has 0 radical (unpaired) electrons. The highest BCUT2D eigenvalue weighted by molar-refractivity contribution is 6.29. The van der Waals surface area contributed by atoms with Gasteiger partial charge in [0.25, 0.3) is 0 Å². The fraction of sp³-hybridized carbons (Fsp3) is 0.458. The number of nitrogens with zero attached hydrogens (tertiary/aromatic N) is 2. The van der Waals surface area contributed by atoms with E-state index in [4.69, 9.17) is 11.6 Å². The first-order chi connectivity index (χ1) is 25.5. The molecule has 4 aromatic rings. The van der Waals surface area contributed by atoms with E-state index in [-0.39, 0.29) is 0 Å². The Labute approximate surface area is 318 Å². The van der Waals surface area contributed by atoms with E-state index in [1.165, 1.54) is 125 Å². The van der Waals surface area contributed by atoms with Crippen LogP contribution in [-0.2, 0) is 6.42 Å². The van der Waals surface area contributed by atoms with E-state index in [0.29, 0.717) is 22.9 Å². The molecule has 2 aliphatic rings. The molecule has 2 saturated carbocycles. The van der Waals surface area contributed by atoms with Gasteiger partial charge in [0, 0.05) is 35.0 Å². The average molecular weight is 715 g/mol. The molecule has 2 heterocycles. The van der Waals surface area contributed by atoms with Crippen LogP contribution in [0.15, 0.2) is 85.2 Å². The van der Waals surface area contributed by atoms with Crippen LogP contribution in [0.1, 0.15) is 155 Å². The Morgan fingerprint density at radius 2 is 1.15 bits per heavy atom.